The number of anilines is 1. The van der Waals surface area contributed by atoms with E-state index >= 15 is 0 Å². The number of amides is 1. The molecule has 0 bridgehead atoms. The van der Waals surface area contributed by atoms with Crippen molar-refractivity contribution < 1.29 is 21.6 Å². The fraction of sp³-hybridized carbons (Fsp3) is 0.562. The minimum atomic E-state index is -3.62. The van der Waals surface area contributed by atoms with Gasteiger partial charge < -0.3 is 5.32 Å². The number of aryl methyl sites for hydroxylation is 1. The zero-order valence-electron chi connectivity index (χ0n) is 15.1. The highest BCUT2D eigenvalue weighted by Gasteiger charge is 2.31. The first-order valence-corrected chi connectivity index (χ1v) is 11.5. The third-order valence-electron chi connectivity index (χ3n) is 4.56. The second kappa shape index (κ2) is 8.03. The number of piperidine rings is 1. The smallest absolute Gasteiger partial charge is 0.240 e. The SMILES string of the molecule is CCS(=O)(=O)N1CCCC(C(=O)Nc2cc(S(=O)(=O)NC)ccc2C)C1. The molecule has 1 aliphatic heterocycles. The molecule has 1 fully saturated rings. The molecule has 1 aromatic carbocycles. The Labute approximate surface area is 155 Å². The van der Waals surface area contributed by atoms with Crippen LogP contribution in [0.15, 0.2) is 23.1 Å². The third-order valence-corrected chi connectivity index (χ3v) is 7.82. The lowest BCUT2D eigenvalue weighted by Crippen LogP contribution is -2.44. The van der Waals surface area contributed by atoms with Crippen LogP contribution >= 0.6 is 0 Å². The van der Waals surface area contributed by atoms with Gasteiger partial charge in [0, 0.05) is 18.8 Å². The average molecular weight is 404 g/mol. The van der Waals surface area contributed by atoms with Gasteiger partial charge >= 0.3 is 0 Å². The monoisotopic (exact) mass is 403 g/mol. The normalized spacial score (nSPS) is 19.3. The topological polar surface area (TPSA) is 113 Å². The summed E-state index contributed by atoms with van der Waals surface area (Å²) in [5, 5.41) is 2.75. The predicted octanol–water partition coefficient (Wildman–Crippen LogP) is 0.903. The molecule has 146 valence electrons. The van der Waals surface area contributed by atoms with Gasteiger partial charge in [0.05, 0.1) is 16.6 Å². The average Bonchev–Trinajstić information content (AvgIpc) is 2.63. The van der Waals surface area contributed by atoms with E-state index < -0.39 is 26.0 Å². The van der Waals surface area contributed by atoms with Crippen LogP contribution in [0, 0.1) is 12.8 Å². The van der Waals surface area contributed by atoms with Crippen molar-refractivity contribution in [2.75, 3.05) is 31.2 Å². The number of nitrogens with zero attached hydrogens (tertiary/aromatic N) is 1. The molecule has 1 aromatic rings. The highest BCUT2D eigenvalue weighted by molar-refractivity contribution is 7.89. The maximum Gasteiger partial charge on any atom is 0.240 e. The van der Waals surface area contributed by atoms with Crippen LogP contribution in [0.3, 0.4) is 0 Å². The molecule has 0 radical (unpaired) electrons. The summed E-state index contributed by atoms with van der Waals surface area (Å²) in [6.45, 7) is 3.92. The number of carbonyl (C=O) groups excluding carboxylic acids is 1. The molecule has 1 amide bonds. The molecule has 1 aliphatic rings. The first-order chi connectivity index (χ1) is 12.1. The van der Waals surface area contributed by atoms with Crippen molar-refractivity contribution >= 4 is 31.6 Å². The second-order valence-electron chi connectivity index (χ2n) is 6.27. The molecule has 0 spiro atoms. The Bertz CT molecular complexity index is 881. The summed E-state index contributed by atoms with van der Waals surface area (Å²) < 4.78 is 51.6. The van der Waals surface area contributed by atoms with Crippen LogP contribution in [-0.4, -0.2) is 52.9 Å². The van der Waals surface area contributed by atoms with E-state index in [9.17, 15) is 21.6 Å². The molecule has 1 atom stereocenters. The van der Waals surface area contributed by atoms with Crippen molar-refractivity contribution in [2.45, 2.75) is 31.6 Å². The highest BCUT2D eigenvalue weighted by atomic mass is 32.2. The van der Waals surface area contributed by atoms with Crippen molar-refractivity contribution in [3.8, 4) is 0 Å². The van der Waals surface area contributed by atoms with Crippen LogP contribution in [0.25, 0.3) is 0 Å². The minimum Gasteiger partial charge on any atom is -0.326 e. The summed E-state index contributed by atoms with van der Waals surface area (Å²) in [6.07, 6.45) is 1.21. The number of benzene rings is 1. The largest absolute Gasteiger partial charge is 0.326 e. The highest BCUT2D eigenvalue weighted by Crippen LogP contribution is 2.24. The van der Waals surface area contributed by atoms with Gasteiger partial charge in [0.15, 0.2) is 0 Å². The Morgan fingerprint density at radius 1 is 1.27 bits per heavy atom. The van der Waals surface area contributed by atoms with Gasteiger partial charge in [-0.2, -0.15) is 0 Å². The molecule has 0 aromatic heterocycles. The molecule has 1 heterocycles. The van der Waals surface area contributed by atoms with Gasteiger partial charge in [-0.25, -0.2) is 25.9 Å². The third kappa shape index (κ3) is 4.61. The van der Waals surface area contributed by atoms with Crippen LogP contribution < -0.4 is 10.0 Å². The van der Waals surface area contributed by atoms with Crippen molar-refractivity contribution in [3.63, 3.8) is 0 Å². The van der Waals surface area contributed by atoms with E-state index in [2.05, 4.69) is 10.0 Å². The maximum absolute atomic E-state index is 12.6. The maximum atomic E-state index is 12.6. The van der Waals surface area contributed by atoms with E-state index in [1.54, 1.807) is 19.9 Å². The number of sulfonamides is 2. The van der Waals surface area contributed by atoms with Gasteiger partial charge in [-0.3, -0.25) is 4.79 Å². The molecule has 1 saturated heterocycles. The zero-order valence-corrected chi connectivity index (χ0v) is 16.8. The number of nitrogens with one attached hydrogen (secondary N) is 2. The fourth-order valence-corrected chi connectivity index (χ4v) is 4.78. The van der Waals surface area contributed by atoms with Crippen molar-refractivity contribution in [1.29, 1.82) is 0 Å². The standard InChI is InChI=1S/C16H25N3O5S2/c1-4-25(21,22)19-9-5-6-13(11-19)16(20)18-15-10-14(8-7-12(15)2)26(23,24)17-3/h7-8,10,13,17H,4-6,9,11H2,1-3H3,(H,18,20). The number of rotatable bonds is 6. The number of hydrogen-bond donors (Lipinski definition) is 2. The Hall–Kier alpha value is -1.49. The molecule has 26 heavy (non-hydrogen) atoms. The molecule has 0 saturated carbocycles. The predicted molar refractivity (Wildman–Crippen MR) is 99.8 cm³/mol. The molecular weight excluding hydrogens is 378 g/mol. The van der Waals surface area contributed by atoms with Crippen LogP contribution in [0.4, 0.5) is 5.69 Å². The van der Waals surface area contributed by atoms with Gasteiger partial charge in [0.1, 0.15) is 0 Å². The van der Waals surface area contributed by atoms with Crippen molar-refractivity contribution in [1.82, 2.24) is 9.03 Å². The summed E-state index contributed by atoms with van der Waals surface area (Å²) in [6, 6.07) is 4.49. The molecular formula is C16H25N3O5S2. The van der Waals surface area contributed by atoms with Gasteiger partial charge in [0.2, 0.25) is 26.0 Å². The molecule has 10 heteroatoms. The first-order valence-electron chi connectivity index (χ1n) is 8.43. The lowest BCUT2D eigenvalue weighted by atomic mass is 9.98. The summed E-state index contributed by atoms with van der Waals surface area (Å²) in [4.78, 5) is 12.7. The van der Waals surface area contributed by atoms with Crippen LogP contribution in [0.5, 0.6) is 0 Å². The number of hydrogen-bond acceptors (Lipinski definition) is 5. The summed E-state index contributed by atoms with van der Waals surface area (Å²) in [7, 11) is -5.63. The Kier molecular flexibility index (Phi) is 6.43. The van der Waals surface area contributed by atoms with Crippen LogP contribution in [0.2, 0.25) is 0 Å². The molecule has 0 aliphatic carbocycles. The Balaban J connectivity index is 2.18. The van der Waals surface area contributed by atoms with Gasteiger partial charge in [-0.1, -0.05) is 6.07 Å². The minimum absolute atomic E-state index is 0.00434. The summed E-state index contributed by atoms with van der Waals surface area (Å²) in [5.74, 6) is -0.762. The van der Waals surface area contributed by atoms with E-state index in [1.807, 2.05) is 0 Å². The van der Waals surface area contributed by atoms with Crippen LogP contribution in [-0.2, 0) is 24.8 Å². The molecule has 2 rings (SSSR count). The molecule has 1 unspecified atom stereocenters. The summed E-state index contributed by atoms with van der Waals surface area (Å²) >= 11 is 0. The second-order valence-corrected chi connectivity index (χ2v) is 10.4. The van der Waals surface area contributed by atoms with E-state index in [-0.39, 0.29) is 23.1 Å². The lowest BCUT2D eigenvalue weighted by molar-refractivity contribution is -0.120. The fourth-order valence-electron chi connectivity index (χ4n) is 2.85. The lowest BCUT2D eigenvalue weighted by Gasteiger charge is -2.31. The van der Waals surface area contributed by atoms with Gasteiger partial charge in [-0.05, 0) is 51.4 Å². The first kappa shape index (κ1) is 20.8. The van der Waals surface area contributed by atoms with Crippen molar-refractivity contribution in [3.05, 3.63) is 23.8 Å². The molecule has 2 N–H and O–H groups in total. The Morgan fingerprint density at radius 2 is 1.96 bits per heavy atom. The van der Waals surface area contributed by atoms with E-state index in [4.69, 9.17) is 0 Å². The van der Waals surface area contributed by atoms with Gasteiger partial charge in [0.25, 0.3) is 0 Å². The molecule has 8 nitrogen and oxygen atoms in total. The van der Waals surface area contributed by atoms with E-state index in [0.717, 1.165) is 5.56 Å². The zero-order chi connectivity index (χ0) is 19.5. The summed E-state index contributed by atoms with van der Waals surface area (Å²) in [5.41, 5.74) is 1.13. The quantitative estimate of drug-likeness (QED) is 0.733. The van der Waals surface area contributed by atoms with E-state index in [1.165, 1.54) is 23.5 Å². The van der Waals surface area contributed by atoms with Crippen LogP contribution in [0.1, 0.15) is 25.3 Å². The number of carbonyl (C=O) groups is 1. The Morgan fingerprint density at radius 3 is 2.58 bits per heavy atom. The van der Waals surface area contributed by atoms with E-state index in [0.29, 0.717) is 25.1 Å². The van der Waals surface area contributed by atoms with Crippen molar-refractivity contribution in [2.24, 2.45) is 5.92 Å². The van der Waals surface area contributed by atoms with Gasteiger partial charge in [-0.15, -0.1) is 0 Å².